The molecule has 0 aliphatic rings. The van der Waals surface area contributed by atoms with Gasteiger partial charge in [-0.2, -0.15) is 0 Å². The van der Waals surface area contributed by atoms with Crippen molar-refractivity contribution in [1.29, 1.82) is 0 Å². The second kappa shape index (κ2) is 7.97. The zero-order valence-electron chi connectivity index (χ0n) is 11.0. The molecule has 0 aromatic carbocycles. The molecule has 4 nitrogen and oxygen atoms in total. The summed E-state index contributed by atoms with van der Waals surface area (Å²) in [5.41, 5.74) is 0.872. The fraction of sp³-hybridized carbons (Fsp3) is 0.538. The molecule has 0 fully saturated rings. The van der Waals surface area contributed by atoms with Gasteiger partial charge in [0.25, 0.3) is 0 Å². The van der Waals surface area contributed by atoms with Gasteiger partial charge < -0.3 is 10.4 Å². The molecule has 6 heteroatoms. The molecule has 106 valence electrons. The normalized spacial score (nSPS) is 12.7. The predicted molar refractivity (Wildman–Crippen MR) is 81.9 cm³/mol. The van der Waals surface area contributed by atoms with Crippen molar-refractivity contribution in [2.24, 2.45) is 11.8 Å². The van der Waals surface area contributed by atoms with Crippen LogP contribution in [-0.2, 0) is 11.3 Å². The summed E-state index contributed by atoms with van der Waals surface area (Å²) in [5.74, 6) is -0.723. The van der Waals surface area contributed by atoms with Crippen molar-refractivity contribution in [3.05, 3.63) is 26.9 Å². The van der Waals surface area contributed by atoms with Gasteiger partial charge in [-0.05, 0) is 50.3 Å². The first kappa shape index (κ1) is 16.6. The van der Waals surface area contributed by atoms with E-state index in [9.17, 15) is 4.79 Å². The molecule has 0 spiro atoms. The predicted octanol–water partition coefficient (Wildman–Crippen LogP) is 3.44. The van der Waals surface area contributed by atoms with Gasteiger partial charge in [-0.3, -0.25) is 9.78 Å². The number of aliphatic carboxylic acids is 1. The molecule has 1 aromatic rings. The smallest absolute Gasteiger partial charge is 0.307 e. The Morgan fingerprint density at radius 2 is 2.16 bits per heavy atom. The molecule has 2 N–H and O–H groups in total. The van der Waals surface area contributed by atoms with Gasteiger partial charge in [0, 0.05) is 28.2 Å². The van der Waals surface area contributed by atoms with Crippen LogP contribution in [0.15, 0.2) is 21.2 Å². The van der Waals surface area contributed by atoms with Gasteiger partial charge in [0.1, 0.15) is 0 Å². The highest BCUT2D eigenvalue weighted by molar-refractivity contribution is 9.11. The third-order valence-electron chi connectivity index (χ3n) is 2.67. The number of carboxylic acids is 1. The number of nitrogens with one attached hydrogen (secondary N) is 1. The summed E-state index contributed by atoms with van der Waals surface area (Å²) in [7, 11) is 0. The second-order valence-corrected chi connectivity index (χ2v) is 6.65. The molecule has 0 amide bonds. The van der Waals surface area contributed by atoms with Crippen molar-refractivity contribution in [2.75, 3.05) is 6.54 Å². The Labute approximate surface area is 130 Å². The van der Waals surface area contributed by atoms with Crippen LogP contribution in [0.5, 0.6) is 0 Å². The van der Waals surface area contributed by atoms with Crippen LogP contribution in [0, 0.1) is 11.8 Å². The number of hydrogen-bond acceptors (Lipinski definition) is 3. The van der Waals surface area contributed by atoms with Gasteiger partial charge in [-0.1, -0.05) is 13.8 Å². The molecular formula is C13H18Br2N2O2. The molecule has 1 atom stereocenters. The Bertz CT molecular complexity index is 439. The molecule has 0 radical (unpaired) electrons. The Hall–Kier alpha value is -0.460. The van der Waals surface area contributed by atoms with Crippen molar-refractivity contribution in [1.82, 2.24) is 10.3 Å². The summed E-state index contributed by atoms with van der Waals surface area (Å²) in [6, 6.07) is 1.92. The van der Waals surface area contributed by atoms with Crippen LogP contribution < -0.4 is 5.32 Å². The van der Waals surface area contributed by atoms with E-state index in [0.29, 0.717) is 25.4 Å². The first-order valence-electron chi connectivity index (χ1n) is 6.13. The van der Waals surface area contributed by atoms with Crippen LogP contribution in [0.3, 0.4) is 0 Å². The highest BCUT2D eigenvalue weighted by Gasteiger charge is 2.18. The van der Waals surface area contributed by atoms with Gasteiger partial charge in [0.2, 0.25) is 0 Å². The molecule has 0 saturated carbocycles. The molecule has 0 bridgehead atoms. The van der Waals surface area contributed by atoms with Crippen molar-refractivity contribution in [3.8, 4) is 0 Å². The maximum Gasteiger partial charge on any atom is 0.307 e. The number of hydrogen-bond donors (Lipinski definition) is 2. The van der Waals surface area contributed by atoms with Crippen molar-refractivity contribution in [3.63, 3.8) is 0 Å². The molecule has 1 heterocycles. The summed E-state index contributed by atoms with van der Waals surface area (Å²) < 4.78 is 1.82. The van der Waals surface area contributed by atoms with E-state index < -0.39 is 5.97 Å². The zero-order valence-corrected chi connectivity index (χ0v) is 14.2. The Kier molecular flexibility index (Phi) is 6.96. The Morgan fingerprint density at radius 1 is 1.47 bits per heavy atom. The minimum atomic E-state index is -0.746. The average Bonchev–Trinajstić information content (AvgIpc) is 2.29. The van der Waals surface area contributed by atoms with Crippen LogP contribution in [0.25, 0.3) is 0 Å². The van der Waals surface area contributed by atoms with Crippen molar-refractivity contribution < 1.29 is 9.90 Å². The number of carbonyl (C=O) groups is 1. The largest absolute Gasteiger partial charge is 0.481 e. The number of carboxylic acid groups (broad SMARTS) is 1. The quantitative estimate of drug-likeness (QED) is 0.744. The van der Waals surface area contributed by atoms with Gasteiger partial charge in [-0.15, -0.1) is 0 Å². The van der Waals surface area contributed by atoms with Crippen LogP contribution >= 0.6 is 31.9 Å². The molecule has 1 unspecified atom stereocenters. The Balaban J connectivity index is 2.49. The zero-order chi connectivity index (χ0) is 14.4. The first-order valence-corrected chi connectivity index (χ1v) is 7.72. The van der Waals surface area contributed by atoms with Crippen molar-refractivity contribution >= 4 is 37.8 Å². The summed E-state index contributed by atoms with van der Waals surface area (Å²) in [6.45, 7) is 5.07. The van der Waals surface area contributed by atoms with Crippen LogP contribution in [0.4, 0.5) is 0 Å². The standard InChI is InChI=1S/C13H18Br2N2O2/c1-8(2)3-9(13(18)19)5-16-7-12-11(15)4-10(14)6-17-12/h4,6,8-9,16H,3,5,7H2,1-2H3,(H,18,19). The van der Waals surface area contributed by atoms with E-state index in [0.717, 1.165) is 14.6 Å². The summed E-state index contributed by atoms with van der Waals surface area (Å²) in [5, 5.41) is 12.3. The van der Waals surface area contributed by atoms with E-state index in [1.807, 2.05) is 19.9 Å². The average molecular weight is 394 g/mol. The minimum Gasteiger partial charge on any atom is -0.481 e. The molecule has 0 aliphatic carbocycles. The van der Waals surface area contributed by atoms with E-state index in [1.165, 1.54) is 0 Å². The Morgan fingerprint density at radius 3 is 2.68 bits per heavy atom. The topological polar surface area (TPSA) is 62.2 Å². The molecule has 1 aromatic heterocycles. The minimum absolute atomic E-state index is 0.353. The maximum atomic E-state index is 11.1. The number of rotatable bonds is 7. The van der Waals surface area contributed by atoms with Crippen LogP contribution in [-0.4, -0.2) is 22.6 Å². The molecule has 19 heavy (non-hydrogen) atoms. The molecule has 0 aliphatic heterocycles. The molecule has 0 saturated heterocycles. The number of halogens is 2. The van der Waals surface area contributed by atoms with E-state index in [4.69, 9.17) is 5.11 Å². The number of pyridine rings is 1. The van der Waals surface area contributed by atoms with E-state index in [-0.39, 0.29) is 5.92 Å². The van der Waals surface area contributed by atoms with Gasteiger partial charge in [0.05, 0.1) is 11.6 Å². The second-order valence-electron chi connectivity index (χ2n) is 4.88. The van der Waals surface area contributed by atoms with Crippen LogP contribution in [0.1, 0.15) is 26.0 Å². The summed E-state index contributed by atoms with van der Waals surface area (Å²) >= 11 is 6.78. The van der Waals surface area contributed by atoms with Crippen molar-refractivity contribution in [2.45, 2.75) is 26.8 Å². The van der Waals surface area contributed by atoms with E-state index >= 15 is 0 Å². The van der Waals surface area contributed by atoms with E-state index in [1.54, 1.807) is 6.20 Å². The fourth-order valence-electron chi connectivity index (χ4n) is 1.78. The lowest BCUT2D eigenvalue weighted by atomic mass is 9.97. The monoisotopic (exact) mass is 392 g/mol. The fourth-order valence-corrected chi connectivity index (χ4v) is 2.91. The van der Waals surface area contributed by atoms with E-state index in [2.05, 4.69) is 42.2 Å². The van der Waals surface area contributed by atoms with Crippen LogP contribution in [0.2, 0.25) is 0 Å². The lowest BCUT2D eigenvalue weighted by Crippen LogP contribution is -2.29. The lowest BCUT2D eigenvalue weighted by Gasteiger charge is -2.15. The third kappa shape index (κ3) is 6.01. The molecule has 1 rings (SSSR count). The number of nitrogens with zero attached hydrogens (tertiary/aromatic N) is 1. The lowest BCUT2D eigenvalue weighted by molar-refractivity contribution is -0.142. The summed E-state index contributed by atoms with van der Waals surface area (Å²) in [6.07, 6.45) is 2.40. The highest BCUT2D eigenvalue weighted by atomic mass is 79.9. The number of aromatic nitrogens is 1. The maximum absolute atomic E-state index is 11.1. The third-order valence-corrected chi connectivity index (χ3v) is 3.79. The van der Waals surface area contributed by atoms with Gasteiger partial charge in [-0.25, -0.2) is 0 Å². The highest BCUT2D eigenvalue weighted by Crippen LogP contribution is 2.19. The summed E-state index contributed by atoms with van der Waals surface area (Å²) in [4.78, 5) is 15.4. The molecular weight excluding hydrogens is 376 g/mol. The SMILES string of the molecule is CC(C)CC(CNCc1ncc(Br)cc1Br)C(=O)O. The van der Waals surface area contributed by atoms with Gasteiger partial charge >= 0.3 is 5.97 Å². The first-order chi connectivity index (χ1) is 8.90. The van der Waals surface area contributed by atoms with Gasteiger partial charge in [0.15, 0.2) is 0 Å².